The van der Waals surface area contributed by atoms with Gasteiger partial charge in [-0.1, -0.05) is 15.9 Å². The van der Waals surface area contributed by atoms with Crippen LogP contribution in [0.15, 0.2) is 35.1 Å². The zero-order chi connectivity index (χ0) is 22.1. The number of carbonyl (C=O) groups excluding carboxylic acids is 1. The number of carbonyl (C=O) groups is 2. The van der Waals surface area contributed by atoms with Crippen LogP contribution in [0.3, 0.4) is 0 Å². The first-order valence-electron chi connectivity index (χ1n) is 8.78. The van der Waals surface area contributed by atoms with Crippen LogP contribution >= 0.6 is 15.9 Å². The summed E-state index contributed by atoms with van der Waals surface area (Å²) >= 11 is 3.20. The molecule has 0 saturated heterocycles. The fourth-order valence-electron chi connectivity index (χ4n) is 2.51. The quantitative estimate of drug-likeness (QED) is 0.321. The van der Waals surface area contributed by atoms with Crippen LogP contribution in [0.5, 0.6) is 0 Å². The molecular formula is C19H22BrN3O7. The Kier molecular flexibility index (Phi) is 9.27. The number of nitrogens with one attached hydrogen (secondary N) is 1. The summed E-state index contributed by atoms with van der Waals surface area (Å²) in [5.41, 5.74) is 0.588. The van der Waals surface area contributed by atoms with E-state index in [4.69, 9.17) is 14.2 Å². The van der Waals surface area contributed by atoms with E-state index < -0.39 is 24.1 Å². The number of aromatic nitrogens is 2. The zero-order valence-corrected chi connectivity index (χ0v) is 18.0. The van der Waals surface area contributed by atoms with Gasteiger partial charge in [-0.15, -0.1) is 0 Å². The van der Waals surface area contributed by atoms with Crippen molar-refractivity contribution in [1.82, 2.24) is 9.97 Å². The van der Waals surface area contributed by atoms with Crippen LogP contribution in [0.4, 0.5) is 5.69 Å². The largest absolute Gasteiger partial charge is 0.478 e. The predicted molar refractivity (Wildman–Crippen MR) is 109 cm³/mol. The summed E-state index contributed by atoms with van der Waals surface area (Å²) in [5.74, 6) is -1.78. The van der Waals surface area contributed by atoms with Crippen molar-refractivity contribution >= 4 is 33.5 Å². The number of ether oxygens (including phenoxy) is 3. The number of hydrogen-bond acceptors (Lipinski definition) is 8. The molecule has 2 unspecified atom stereocenters. The van der Waals surface area contributed by atoms with Crippen molar-refractivity contribution < 1.29 is 34.0 Å². The van der Waals surface area contributed by atoms with Crippen LogP contribution < -0.4 is 5.32 Å². The monoisotopic (exact) mass is 483 g/mol. The van der Waals surface area contributed by atoms with Crippen molar-refractivity contribution in [2.75, 3.05) is 32.9 Å². The van der Waals surface area contributed by atoms with Gasteiger partial charge < -0.3 is 29.7 Å². The molecule has 0 aliphatic carbocycles. The fraction of sp³-hybridized carbons (Fsp3) is 0.368. The molecule has 1 heterocycles. The molecule has 2 aromatic rings. The number of halogens is 1. The number of aliphatic hydroxyl groups excluding tert-OH is 1. The van der Waals surface area contributed by atoms with E-state index in [-0.39, 0.29) is 36.8 Å². The summed E-state index contributed by atoms with van der Waals surface area (Å²) < 4.78 is 15.7. The van der Waals surface area contributed by atoms with E-state index in [2.05, 4.69) is 31.2 Å². The van der Waals surface area contributed by atoms with Crippen molar-refractivity contribution in [2.45, 2.75) is 18.6 Å². The maximum atomic E-state index is 12.4. The third kappa shape index (κ3) is 6.82. The first kappa shape index (κ1) is 23.8. The molecule has 1 aromatic carbocycles. The van der Waals surface area contributed by atoms with Crippen LogP contribution in [0.1, 0.15) is 26.5 Å². The number of nitrogens with zero attached hydrogens (tertiary/aromatic N) is 2. The molecular weight excluding hydrogens is 462 g/mol. The molecule has 0 saturated carbocycles. The molecule has 1 amide bonds. The molecule has 2 atom stereocenters. The van der Waals surface area contributed by atoms with Gasteiger partial charge >= 0.3 is 5.97 Å². The van der Waals surface area contributed by atoms with E-state index in [0.717, 1.165) is 0 Å². The first-order valence-corrected chi connectivity index (χ1v) is 9.57. The normalized spacial score (nSPS) is 12.9. The summed E-state index contributed by atoms with van der Waals surface area (Å²) in [5, 5.41) is 21.9. The van der Waals surface area contributed by atoms with E-state index in [1.165, 1.54) is 38.7 Å². The minimum Gasteiger partial charge on any atom is -0.478 e. The van der Waals surface area contributed by atoms with Gasteiger partial charge in [0, 0.05) is 31.3 Å². The topological polar surface area (TPSA) is 140 Å². The summed E-state index contributed by atoms with van der Waals surface area (Å²) in [6, 6.07) is 4.48. The lowest BCUT2D eigenvalue weighted by atomic mass is 10.1. The Bertz CT molecular complexity index is 864. The molecule has 2 rings (SSSR count). The van der Waals surface area contributed by atoms with Gasteiger partial charge in [-0.3, -0.25) is 9.78 Å². The van der Waals surface area contributed by atoms with E-state index in [9.17, 15) is 19.8 Å². The highest BCUT2D eigenvalue weighted by molar-refractivity contribution is 9.10. The second kappa shape index (κ2) is 11.7. The molecule has 0 radical (unpaired) electrons. The molecule has 3 N–H and O–H groups in total. The van der Waals surface area contributed by atoms with Gasteiger partial charge in [-0.25, -0.2) is 9.78 Å². The van der Waals surface area contributed by atoms with E-state index >= 15 is 0 Å². The van der Waals surface area contributed by atoms with E-state index in [1.54, 1.807) is 6.07 Å². The number of hydrogen-bond donors (Lipinski definition) is 3. The predicted octanol–water partition coefficient (Wildman–Crippen LogP) is 1.73. The van der Waals surface area contributed by atoms with Crippen LogP contribution in [0.25, 0.3) is 0 Å². The Morgan fingerprint density at radius 3 is 2.60 bits per heavy atom. The number of carboxylic acids is 1. The summed E-state index contributed by atoms with van der Waals surface area (Å²) in [6.45, 7) is 0.0818. The number of aromatic carboxylic acids is 1. The molecule has 0 aliphatic rings. The van der Waals surface area contributed by atoms with Gasteiger partial charge in [0.15, 0.2) is 0 Å². The van der Waals surface area contributed by atoms with Crippen LogP contribution in [-0.2, 0) is 20.6 Å². The smallest absolute Gasteiger partial charge is 0.337 e. The molecule has 162 valence electrons. The third-order valence-corrected chi connectivity index (χ3v) is 4.52. The van der Waals surface area contributed by atoms with E-state index in [0.29, 0.717) is 10.2 Å². The minimum absolute atomic E-state index is 0.0101. The number of benzene rings is 1. The third-order valence-electron chi connectivity index (χ3n) is 4.03. The van der Waals surface area contributed by atoms with Crippen LogP contribution in [0.2, 0.25) is 0 Å². The lowest BCUT2D eigenvalue weighted by Gasteiger charge is -2.21. The Labute approximate surface area is 181 Å². The van der Waals surface area contributed by atoms with Gasteiger partial charge in [0.05, 0.1) is 35.9 Å². The minimum atomic E-state index is -1.17. The van der Waals surface area contributed by atoms with Gasteiger partial charge in [0.25, 0.3) is 5.91 Å². The van der Waals surface area contributed by atoms with Gasteiger partial charge in [-0.2, -0.15) is 0 Å². The van der Waals surface area contributed by atoms with Crippen molar-refractivity contribution in [1.29, 1.82) is 0 Å². The number of rotatable bonds is 11. The number of carboxylic acid groups (broad SMARTS) is 1. The van der Waals surface area contributed by atoms with E-state index in [1.807, 2.05) is 0 Å². The molecule has 1 aromatic heterocycles. The highest BCUT2D eigenvalue weighted by Gasteiger charge is 2.21. The second-order valence-electron chi connectivity index (χ2n) is 6.17. The zero-order valence-electron chi connectivity index (χ0n) is 16.4. The van der Waals surface area contributed by atoms with Gasteiger partial charge in [-0.05, 0) is 18.2 Å². The highest BCUT2D eigenvalue weighted by Crippen LogP contribution is 2.21. The summed E-state index contributed by atoms with van der Waals surface area (Å²) in [4.78, 5) is 32.0. The average Bonchev–Trinajstić information content (AvgIpc) is 2.73. The fourth-order valence-corrected chi connectivity index (χ4v) is 2.87. The summed E-state index contributed by atoms with van der Waals surface area (Å²) in [6.07, 6.45) is 1.42. The Balaban J connectivity index is 2.03. The van der Waals surface area contributed by atoms with Crippen LogP contribution in [0, 0.1) is 0 Å². The Morgan fingerprint density at radius 1 is 1.23 bits per heavy atom. The standard InChI is InChI=1S/C19H22BrN3O7/c1-28-10-30-9-16(24)17(29-2)6-12-7-22-15(8-21-12)18(25)23-14-4-3-11(20)5-13(14)19(26)27/h3-5,7-8,16-17,24H,6,9-10H2,1-2H3,(H,23,25)(H,26,27). The highest BCUT2D eigenvalue weighted by atomic mass is 79.9. The molecule has 0 bridgehead atoms. The Morgan fingerprint density at radius 2 is 2.00 bits per heavy atom. The maximum Gasteiger partial charge on any atom is 0.337 e. The van der Waals surface area contributed by atoms with Crippen LogP contribution in [-0.4, -0.2) is 71.9 Å². The van der Waals surface area contributed by atoms with Crippen molar-refractivity contribution in [3.63, 3.8) is 0 Å². The van der Waals surface area contributed by atoms with Crippen molar-refractivity contribution in [3.8, 4) is 0 Å². The van der Waals surface area contributed by atoms with Crippen molar-refractivity contribution in [2.24, 2.45) is 0 Å². The number of anilines is 1. The molecule has 30 heavy (non-hydrogen) atoms. The SMILES string of the molecule is COCOCC(O)C(Cc1cnc(C(=O)Nc2ccc(Br)cc2C(=O)O)cn1)OC. The maximum absolute atomic E-state index is 12.4. The molecule has 0 aliphatic heterocycles. The first-order chi connectivity index (χ1) is 14.3. The Hall–Kier alpha value is -2.44. The molecule has 0 fully saturated rings. The number of amides is 1. The molecule has 10 nitrogen and oxygen atoms in total. The molecule has 11 heteroatoms. The number of methoxy groups -OCH3 is 2. The van der Waals surface area contributed by atoms with Gasteiger partial charge in [0.2, 0.25) is 0 Å². The molecule has 0 spiro atoms. The lowest BCUT2D eigenvalue weighted by molar-refractivity contribution is -0.0966. The number of aliphatic hydroxyl groups is 1. The average molecular weight is 484 g/mol. The summed E-state index contributed by atoms with van der Waals surface area (Å²) in [7, 11) is 2.93. The second-order valence-corrected chi connectivity index (χ2v) is 7.08. The lowest BCUT2D eigenvalue weighted by Crippen LogP contribution is -2.34. The van der Waals surface area contributed by atoms with Crippen molar-refractivity contribution in [3.05, 3.63) is 52.0 Å². The van der Waals surface area contributed by atoms with Gasteiger partial charge in [0.1, 0.15) is 18.6 Å².